The molecule has 0 radical (unpaired) electrons. The highest BCUT2D eigenvalue weighted by Crippen LogP contribution is 2.06. The van der Waals surface area contributed by atoms with Crippen molar-refractivity contribution in [3.8, 4) is 0 Å². The Hall–Kier alpha value is -0.570. The maximum Gasteiger partial charge on any atom is 0.234 e. The topological polar surface area (TPSA) is 41.1 Å². The minimum absolute atomic E-state index is 0.00625. The van der Waals surface area contributed by atoms with E-state index in [1.807, 2.05) is 34.6 Å². The smallest absolute Gasteiger partial charge is 0.234 e. The van der Waals surface area contributed by atoms with Gasteiger partial charge in [-0.1, -0.05) is 6.92 Å². The molecular formula is C11H24N2O. The average molecular weight is 200 g/mol. The summed E-state index contributed by atoms with van der Waals surface area (Å²) in [5.74, 6) is 0.0618. The second kappa shape index (κ2) is 4.78. The monoisotopic (exact) mass is 200 g/mol. The first-order chi connectivity index (χ1) is 6.16. The van der Waals surface area contributed by atoms with Crippen molar-refractivity contribution >= 4 is 5.91 Å². The molecule has 3 nitrogen and oxygen atoms in total. The minimum atomic E-state index is -0.101. The van der Waals surface area contributed by atoms with E-state index in [9.17, 15) is 4.79 Å². The molecule has 2 N–H and O–H groups in total. The van der Waals surface area contributed by atoms with E-state index in [-0.39, 0.29) is 17.0 Å². The Labute approximate surface area is 87.6 Å². The molecule has 0 fully saturated rings. The largest absolute Gasteiger partial charge is 0.350 e. The number of amides is 1. The van der Waals surface area contributed by atoms with Crippen molar-refractivity contribution in [3.63, 3.8) is 0 Å². The summed E-state index contributed by atoms with van der Waals surface area (Å²) in [5, 5.41) is 6.13. The Morgan fingerprint density at radius 1 is 1.14 bits per heavy atom. The molecule has 84 valence electrons. The lowest BCUT2D eigenvalue weighted by Gasteiger charge is -2.26. The van der Waals surface area contributed by atoms with Crippen LogP contribution in [0.3, 0.4) is 0 Å². The van der Waals surface area contributed by atoms with Crippen LogP contribution in [0.4, 0.5) is 0 Å². The highest BCUT2D eigenvalue weighted by molar-refractivity contribution is 5.78. The lowest BCUT2D eigenvalue weighted by Crippen LogP contribution is -2.49. The number of hydrogen-bond acceptors (Lipinski definition) is 2. The molecule has 0 aromatic carbocycles. The summed E-state index contributed by atoms with van der Waals surface area (Å²) in [6, 6.07) is 0. The fourth-order valence-electron chi connectivity index (χ4n) is 0.855. The number of rotatable bonds is 4. The van der Waals surface area contributed by atoms with Gasteiger partial charge in [0.15, 0.2) is 0 Å². The van der Waals surface area contributed by atoms with Gasteiger partial charge in [0.05, 0.1) is 6.54 Å². The molecule has 0 aliphatic heterocycles. The van der Waals surface area contributed by atoms with Crippen molar-refractivity contribution in [3.05, 3.63) is 0 Å². The van der Waals surface area contributed by atoms with Crippen molar-refractivity contribution in [2.24, 2.45) is 0 Å². The van der Waals surface area contributed by atoms with Gasteiger partial charge in [0.25, 0.3) is 0 Å². The van der Waals surface area contributed by atoms with Crippen LogP contribution in [-0.4, -0.2) is 23.5 Å². The molecule has 0 aliphatic rings. The van der Waals surface area contributed by atoms with Gasteiger partial charge in [-0.15, -0.1) is 0 Å². The molecule has 0 saturated heterocycles. The van der Waals surface area contributed by atoms with Crippen molar-refractivity contribution in [1.82, 2.24) is 10.6 Å². The molecule has 0 atom stereocenters. The number of carbonyl (C=O) groups is 1. The van der Waals surface area contributed by atoms with E-state index in [0.717, 1.165) is 6.42 Å². The third-order valence-electron chi connectivity index (χ3n) is 2.14. The summed E-state index contributed by atoms with van der Waals surface area (Å²) in [5.41, 5.74) is -0.107. The molecule has 1 amide bonds. The molecule has 14 heavy (non-hydrogen) atoms. The third kappa shape index (κ3) is 6.89. The number of hydrogen-bond donors (Lipinski definition) is 2. The molecule has 0 heterocycles. The van der Waals surface area contributed by atoms with Gasteiger partial charge in [-0.05, 0) is 41.0 Å². The molecular weight excluding hydrogens is 176 g/mol. The molecule has 0 rings (SSSR count). The second-order valence-electron chi connectivity index (χ2n) is 5.39. The average Bonchev–Trinajstić information content (AvgIpc) is 1.99. The van der Waals surface area contributed by atoms with Gasteiger partial charge in [0.2, 0.25) is 5.91 Å². The van der Waals surface area contributed by atoms with E-state index in [0.29, 0.717) is 6.54 Å². The van der Waals surface area contributed by atoms with Crippen LogP contribution < -0.4 is 10.6 Å². The summed E-state index contributed by atoms with van der Waals surface area (Å²) in [7, 11) is 0. The van der Waals surface area contributed by atoms with Crippen LogP contribution in [0.5, 0.6) is 0 Å². The fraction of sp³-hybridized carbons (Fsp3) is 0.909. The Morgan fingerprint density at radius 2 is 1.64 bits per heavy atom. The van der Waals surface area contributed by atoms with Gasteiger partial charge in [0, 0.05) is 11.1 Å². The van der Waals surface area contributed by atoms with Crippen molar-refractivity contribution in [2.45, 2.75) is 59.0 Å². The number of nitrogens with one attached hydrogen (secondary N) is 2. The minimum Gasteiger partial charge on any atom is -0.350 e. The molecule has 0 spiro atoms. The third-order valence-corrected chi connectivity index (χ3v) is 2.14. The predicted molar refractivity (Wildman–Crippen MR) is 60.3 cm³/mol. The van der Waals surface area contributed by atoms with Crippen LogP contribution in [0.15, 0.2) is 0 Å². The first kappa shape index (κ1) is 13.4. The molecule has 0 aromatic heterocycles. The van der Waals surface area contributed by atoms with E-state index in [4.69, 9.17) is 0 Å². The highest BCUT2D eigenvalue weighted by atomic mass is 16.2. The molecule has 0 saturated carbocycles. The fourth-order valence-corrected chi connectivity index (χ4v) is 0.855. The molecule has 3 heteroatoms. The summed E-state index contributed by atoms with van der Waals surface area (Å²) >= 11 is 0. The van der Waals surface area contributed by atoms with Crippen molar-refractivity contribution < 1.29 is 4.79 Å². The highest BCUT2D eigenvalue weighted by Gasteiger charge is 2.18. The van der Waals surface area contributed by atoms with E-state index in [1.165, 1.54) is 0 Å². The summed E-state index contributed by atoms with van der Waals surface area (Å²) in [4.78, 5) is 11.5. The zero-order valence-corrected chi connectivity index (χ0v) is 10.3. The van der Waals surface area contributed by atoms with Gasteiger partial charge in [-0.25, -0.2) is 0 Å². The van der Waals surface area contributed by atoms with Gasteiger partial charge in [-0.3, -0.25) is 4.79 Å². The van der Waals surface area contributed by atoms with Crippen molar-refractivity contribution in [2.75, 3.05) is 6.54 Å². The van der Waals surface area contributed by atoms with E-state index in [1.54, 1.807) is 0 Å². The molecule has 0 unspecified atom stereocenters. The van der Waals surface area contributed by atoms with Crippen LogP contribution >= 0.6 is 0 Å². The Morgan fingerprint density at radius 3 is 2.00 bits per heavy atom. The van der Waals surface area contributed by atoms with Crippen LogP contribution in [0, 0.1) is 0 Å². The van der Waals surface area contributed by atoms with Crippen LogP contribution in [0.1, 0.15) is 48.0 Å². The van der Waals surface area contributed by atoms with Gasteiger partial charge in [0.1, 0.15) is 0 Å². The zero-order valence-electron chi connectivity index (χ0n) is 10.3. The maximum absolute atomic E-state index is 11.5. The second-order valence-corrected chi connectivity index (χ2v) is 5.39. The van der Waals surface area contributed by atoms with Gasteiger partial charge >= 0.3 is 0 Å². The maximum atomic E-state index is 11.5. The Balaban J connectivity index is 3.89. The molecule has 0 bridgehead atoms. The normalized spacial score (nSPS) is 12.7. The van der Waals surface area contributed by atoms with Crippen LogP contribution in [0.2, 0.25) is 0 Å². The Bertz CT molecular complexity index is 192. The van der Waals surface area contributed by atoms with Gasteiger partial charge in [-0.2, -0.15) is 0 Å². The molecule has 0 aliphatic carbocycles. The Kier molecular flexibility index (Phi) is 4.59. The first-order valence-electron chi connectivity index (χ1n) is 5.22. The predicted octanol–water partition coefficient (Wildman–Crippen LogP) is 1.68. The van der Waals surface area contributed by atoms with Crippen LogP contribution in [-0.2, 0) is 4.79 Å². The van der Waals surface area contributed by atoms with E-state index < -0.39 is 0 Å². The summed E-state index contributed by atoms with van der Waals surface area (Å²) in [6.45, 7) is 12.6. The first-order valence-corrected chi connectivity index (χ1v) is 5.22. The summed E-state index contributed by atoms with van der Waals surface area (Å²) in [6.07, 6.45) is 0.939. The lowest BCUT2D eigenvalue weighted by atomic mass is 10.0. The summed E-state index contributed by atoms with van der Waals surface area (Å²) < 4.78 is 0. The van der Waals surface area contributed by atoms with Crippen LogP contribution in [0.25, 0.3) is 0 Å². The lowest BCUT2D eigenvalue weighted by molar-refractivity contribution is -0.122. The van der Waals surface area contributed by atoms with E-state index in [2.05, 4.69) is 17.6 Å². The SMILES string of the molecule is CCC(C)(C)NC(=O)CNC(C)(C)C. The molecule has 0 aromatic rings. The van der Waals surface area contributed by atoms with E-state index >= 15 is 0 Å². The standard InChI is InChI=1S/C11H24N2O/c1-7-11(5,6)13-9(14)8-12-10(2,3)4/h12H,7-8H2,1-6H3,(H,13,14). The van der Waals surface area contributed by atoms with Gasteiger partial charge < -0.3 is 10.6 Å². The van der Waals surface area contributed by atoms with Crippen molar-refractivity contribution in [1.29, 1.82) is 0 Å². The number of carbonyl (C=O) groups excluding carboxylic acids is 1. The quantitative estimate of drug-likeness (QED) is 0.725. The zero-order chi connectivity index (χ0) is 11.4.